The smallest absolute Gasteiger partial charge is 0.358 e. The Morgan fingerprint density at radius 2 is 1.94 bits per heavy atom. The quantitative estimate of drug-likeness (QED) is 0.653. The van der Waals surface area contributed by atoms with Gasteiger partial charge in [0.15, 0.2) is 0 Å². The fourth-order valence-electron chi connectivity index (χ4n) is 1.30. The van der Waals surface area contributed by atoms with E-state index in [1.807, 2.05) is 0 Å². The zero-order chi connectivity index (χ0) is 13.0. The van der Waals surface area contributed by atoms with Gasteiger partial charge in [-0.3, -0.25) is 9.78 Å². The van der Waals surface area contributed by atoms with Gasteiger partial charge in [0.1, 0.15) is 6.20 Å². The Morgan fingerprint density at radius 3 is 2.61 bits per heavy atom. The zero-order valence-electron chi connectivity index (χ0n) is 9.11. The molecule has 18 heavy (non-hydrogen) atoms. The molecule has 90 valence electrons. The van der Waals surface area contributed by atoms with Crippen LogP contribution >= 0.6 is 0 Å². The number of nitrogens with zero attached hydrogens (tertiary/aromatic N) is 3. The van der Waals surface area contributed by atoms with Gasteiger partial charge in [-0.25, -0.2) is 0 Å². The van der Waals surface area contributed by atoms with Crippen molar-refractivity contribution in [2.75, 3.05) is 5.32 Å². The minimum Gasteiger partial charge on any atom is -0.358 e. The third kappa shape index (κ3) is 2.64. The molecule has 7 heteroatoms. The number of amides is 1. The van der Waals surface area contributed by atoms with E-state index in [0.717, 1.165) is 6.07 Å². The van der Waals surface area contributed by atoms with Crippen molar-refractivity contribution in [3.05, 3.63) is 58.5 Å². The molecule has 2 aromatic rings. The van der Waals surface area contributed by atoms with Gasteiger partial charge in [0.2, 0.25) is 0 Å². The van der Waals surface area contributed by atoms with Crippen molar-refractivity contribution in [3.8, 4) is 0 Å². The van der Waals surface area contributed by atoms with E-state index in [1.165, 1.54) is 24.7 Å². The number of hydrogen-bond donors (Lipinski definition) is 1. The first-order valence-corrected chi connectivity index (χ1v) is 4.98. The molecule has 0 saturated heterocycles. The number of anilines is 1. The van der Waals surface area contributed by atoms with E-state index in [-0.39, 0.29) is 11.4 Å². The molecule has 0 aliphatic rings. The van der Waals surface area contributed by atoms with Crippen LogP contribution in [0.5, 0.6) is 0 Å². The third-order valence-corrected chi connectivity index (χ3v) is 2.13. The first-order chi connectivity index (χ1) is 8.66. The Bertz CT molecular complexity index is 586. The van der Waals surface area contributed by atoms with Crippen LogP contribution in [-0.2, 0) is 0 Å². The number of carbonyl (C=O) groups is 1. The monoisotopic (exact) mass is 244 g/mol. The molecule has 1 amide bonds. The Kier molecular flexibility index (Phi) is 3.24. The predicted molar refractivity (Wildman–Crippen MR) is 63.1 cm³/mol. The summed E-state index contributed by atoms with van der Waals surface area (Å²) in [5.41, 5.74) is 0.739. The standard InChI is InChI=1S/C11H8N4O3/c16-11(14-9-2-4-12-5-3-9)8-1-6-13-10(7-8)15(17)18/h1-7H,(H,12,14,16). The van der Waals surface area contributed by atoms with Crippen LogP contribution in [0.1, 0.15) is 10.4 Å². The van der Waals surface area contributed by atoms with E-state index in [4.69, 9.17) is 0 Å². The van der Waals surface area contributed by atoms with Gasteiger partial charge in [0, 0.05) is 24.1 Å². The van der Waals surface area contributed by atoms with Gasteiger partial charge >= 0.3 is 5.82 Å². The highest BCUT2D eigenvalue weighted by atomic mass is 16.6. The van der Waals surface area contributed by atoms with Crippen molar-refractivity contribution in [3.63, 3.8) is 0 Å². The topological polar surface area (TPSA) is 98.0 Å². The number of pyridine rings is 2. The lowest BCUT2D eigenvalue weighted by atomic mass is 10.2. The summed E-state index contributed by atoms with van der Waals surface area (Å²) in [4.78, 5) is 29.0. The molecule has 0 unspecified atom stereocenters. The van der Waals surface area contributed by atoms with Gasteiger partial charge in [0.25, 0.3) is 5.91 Å². The molecule has 0 aliphatic heterocycles. The molecular weight excluding hydrogens is 236 g/mol. The molecule has 2 heterocycles. The molecule has 2 rings (SSSR count). The number of nitrogens with one attached hydrogen (secondary N) is 1. The van der Waals surface area contributed by atoms with Gasteiger partial charge in [0.05, 0.1) is 5.56 Å². The fraction of sp³-hybridized carbons (Fsp3) is 0. The lowest BCUT2D eigenvalue weighted by Crippen LogP contribution is -2.12. The lowest BCUT2D eigenvalue weighted by molar-refractivity contribution is -0.389. The second kappa shape index (κ2) is 5.00. The number of nitro groups is 1. The van der Waals surface area contributed by atoms with Crippen molar-refractivity contribution in [1.82, 2.24) is 9.97 Å². The van der Waals surface area contributed by atoms with Gasteiger partial charge in [-0.2, -0.15) is 0 Å². The summed E-state index contributed by atoms with van der Waals surface area (Å²) in [6.07, 6.45) is 4.29. The van der Waals surface area contributed by atoms with Crippen molar-refractivity contribution >= 4 is 17.4 Å². The van der Waals surface area contributed by atoms with Gasteiger partial charge in [-0.1, -0.05) is 0 Å². The number of carbonyl (C=O) groups excluding carboxylic acids is 1. The lowest BCUT2D eigenvalue weighted by Gasteiger charge is -2.03. The molecule has 0 aliphatic carbocycles. The van der Waals surface area contributed by atoms with Crippen LogP contribution < -0.4 is 5.32 Å². The van der Waals surface area contributed by atoms with Crippen molar-refractivity contribution in [2.24, 2.45) is 0 Å². The average molecular weight is 244 g/mol. The summed E-state index contributed by atoms with van der Waals surface area (Å²) in [7, 11) is 0. The fourth-order valence-corrected chi connectivity index (χ4v) is 1.30. The molecule has 2 aromatic heterocycles. The van der Waals surface area contributed by atoms with Crippen LogP contribution in [0.2, 0.25) is 0 Å². The highest BCUT2D eigenvalue weighted by Crippen LogP contribution is 2.11. The van der Waals surface area contributed by atoms with Crippen molar-refractivity contribution in [2.45, 2.75) is 0 Å². The van der Waals surface area contributed by atoms with Gasteiger partial charge in [-0.15, -0.1) is 0 Å². The van der Waals surface area contributed by atoms with Gasteiger partial charge < -0.3 is 15.4 Å². The summed E-state index contributed by atoms with van der Waals surface area (Å²) in [5, 5.41) is 13.1. The highest BCUT2D eigenvalue weighted by Gasteiger charge is 2.12. The van der Waals surface area contributed by atoms with Crippen LogP contribution in [0.3, 0.4) is 0 Å². The molecule has 0 fully saturated rings. The second-order valence-electron chi connectivity index (χ2n) is 3.35. The SMILES string of the molecule is O=C(Nc1ccncc1)c1ccnc([N+](=O)[O-])c1. The van der Waals surface area contributed by atoms with Crippen LogP contribution in [0, 0.1) is 10.1 Å². The molecule has 0 radical (unpaired) electrons. The minimum atomic E-state index is -0.650. The largest absolute Gasteiger partial charge is 0.364 e. The molecule has 1 N–H and O–H groups in total. The van der Waals surface area contributed by atoms with Crippen LogP contribution in [0.4, 0.5) is 11.5 Å². The summed E-state index contributed by atoms with van der Waals surface area (Å²) in [6, 6.07) is 5.76. The van der Waals surface area contributed by atoms with E-state index in [1.54, 1.807) is 12.1 Å². The van der Waals surface area contributed by atoms with Crippen LogP contribution in [-0.4, -0.2) is 20.8 Å². The molecule has 0 bridgehead atoms. The number of hydrogen-bond acceptors (Lipinski definition) is 5. The van der Waals surface area contributed by atoms with E-state index >= 15 is 0 Å². The molecule has 0 aromatic carbocycles. The maximum Gasteiger partial charge on any atom is 0.364 e. The molecule has 7 nitrogen and oxygen atoms in total. The summed E-state index contributed by atoms with van der Waals surface area (Å²) >= 11 is 0. The Balaban J connectivity index is 2.19. The normalized spacial score (nSPS) is 9.78. The number of rotatable bonds is 3. The van der Waals surface area contributed by atoms with Crippen LogP contribution in [0.25, 0.3) is 0 Å². The third-order valence-electron chi connectivity index (χ3n) is 2.13. The summed E-state index contributed by atoms with van der Waals surface area (Å²) in [5.74, 6) is -0.802. The van der Waals surface area contributed by atoms with Crippen molar-refractivity contribution < 1.29 is 9.72 Å². The molecule has 0 spiro atoms. The minimum absolute atomic E-state index is 0.175. The number of aromatic nitrogens is 2. The first-order valence-electron chi connectivity index (χ1n) is 4.98. The average Bonchev–Trinajstić information content (AvgIpc) is 2.40. The zero-order valence-corrected chi connectivity index (χ0v) is 9.11. The summed E-state index contributed by atoms with van der Waals surface area (Å²) in [6.45, 7) is 0. The van der Waals surface area contributed by atoms with E-state index in [0.29, 0.717) is 5.69 Å². The van der Waals surface area contributed by atoms with Gasteiger partial charge in [-0.05, 0) is 28.1 Å². The first kappa shape index (κ1) is 11.6. The predicted octanol–water partition coefficient (Wildman–Crippen LogP) is 1.64. The van der Waals surface area contributed by atoms with Crippen LogP contribution in [0.15, 0.2) is 42.9 Å². The Labute approximate surface area is 102 Å². The summed E-state index contributed by atoms with van der Waals surface area (Å²) < 4.78 is 0. The van der Waals surface area contributed by atoms with E-state index in [9.17, 15) is 14.9 Å². The second-order valence-corrected chi connectivity index (χ2v) is 3.35. The Hall–Kier alpha value is -2.83. The van der Waals surface area contributed by atoms with E-state index < -0.39 is 10.8 Å². The van der Waals surface area contributed by atoms with E-state index in [2.05, 4.69) is 15.3 Å². The Morgan fingerprint density at radius 1 is 1.22 bits per heavy atom. The maximum atomic E-state index is 11.8. The van der Waals surface area contributed by atoms with Crippen molar-refractivity contribution in [1.29, 1.82) is 0 Å². The molecule has 0 atom stereocenters. The molecular formula is C11H8N4O3. The molecule has 0 saturated carbocycles. The maximum absolute atomic E-state index is 11.8. The highest BCUT2D eigenvalue weighted by molar-refractivity contribution is 6.04.